The van der Waals surface area contributed by atoms with Crippen molar-refractivity contribution in [1.82, 2.24) is 4.90 Å². The van der Waals surface area contributed by atoms with Gasteiger partial charge in [0.15, 0.2) is 5.78 Å². The Kier molecular flexibility index (Phi) is 9.10. The number of fused-ring (bicyclic) bond motifs is 1. The third kappa shape index (κ3) is 6.94. The normalized spacial score (nSPS) is 18.0. The number of hydrogen-bond donors (Lipinski definition) is 1. The van der Waals surface area contributed by atoms with E-state index >= 15 is 0 Å². The molecule has 0 radical (unpaired) electrons. The van der Waals surface area contributed by atoms with Crippen molar-refractivity contribution in [2.24, 2.45) is 11.8 Å². The second kappa shape index (κ2) is 13.3. The standard InChI is InChI=1S/C36H39NO5S/c1-24-18-19-37(23-24)20-21-41-29-13-8-25(9-14-29)34(39)33-31-17-12-28(38)22-32(31)43-35(33)26-10-15-30(16-11-26)42-36(40)27-6-4-2-3-5-7-27/h8-17,22,24,27,38H,2-7,18-21,23H2,1H3. The number of carbonyl (C=O) groups is 2. The summed E-state index contributed by atoms with van der Waals surface area (Å²) in [7, 11) is 0. The van der Waals surface area contributed by atoms with Crippen molar-refractivity contribution in [3.8, 4) is 27.7 Å². The first-order valence-electron chi connectivity index (χ1n) is 15.5. The number of ether oxygens (including phenoxy) is 2. The maximum Gasteiger partial charge on any atom is 0.314 e. The predicted molar refractivity (Wildman–Crippen MR) is 171 cm³/mol. The number of benzene rings is 3. The summed E-state index contributed by atoms with van der Waals surface area (Å²) in [6.45, 7) is 6.06. The minimum absolute atomic E-state index is 0.0349. The van der Waals surface area contributed by atoms with E-state index in [-0.39, 0.29) is 23.4 Å². The maximum atomic E-state index is 14.0. The van der Waals surface area contributed by atoms with E-state index in [0.29, 0.717) is 23.5 Å². The molecule has 0 spiro atoms. The number of esters is 1. The van der Waals surface area contributed by atoms with Gasteiger partial charge in [-0.3, -0.25) is 14.5 Å². The van der Waals surface area contributed by atoms with E-state index in [4.69, 9.17) is 9.47 Å². The van der Waals surface area contributed by atoms with Gasteiger partial charge in [-0.2, -0.15) is 0 Å². The van der Waals surface area contributed by atoms with Gasteiger partial charge in [-0.15, -0.1) is 11.3 Å². The minimum Gasteiger partial charge on any atom is -0.508 e. The summed E-state index contributed by atoms with van der Waals surface area (Å²) in [6, 6.07) is 19.9. The van der Waals surface area contributed by atoms with Gasteiger partial charge in [0, 0.05) is 39.2 Å². The lowest BCUT2D eigenvalue weighted by atomic mass is 9.97. The molecule has 224 valence electrons. The molecule has 1 aliphatic carbocycles. The van der Waals surface area contributed by atoms with Gasteiger partial charge in [-0.05, 0) is 104 Å². The van der Waals surface area contributed by atoms with Gasteiger partial charge in [-0.1, -0.05) is 32.6 Å². The van der Waals surface area contributed by atoms with Crippen LogP contribution in [0.2, 0.25) is 0 Å². The molecule has 1 saturated heterocycles. The molecule has 1 unspecified atom stereocenters. The number of nitrogens with zero attached hydrogens (tertiary/aromatic N) is 1. The van der Waals surface area contributed by atoms with Crippen molar-refractivity contribution >= 4 is 33.2 Å². The van der Waals surface area contributed by atoms with Crippen LogP contribution in [0.5, 0.6) is 17.2 Å². The van der Waals surface area contributed by atoms with Crippen molar-refractivity contribution < 1.29 is 24.2 Å². The third-order valence-corrected chi connectivity index (χ3v) is 9.93. The molecule has 43 heavy (non-hydrogen) atoms. The van der Waals surface area contributed by atoms with Crippen LogP contribution in [0, 0.1) is 11.8 Å². The smallest absolute Gasteiger partial charge is 0.314 e. The average molecular weight is 598 g/mol. The van der Waals surface area contributed by atoms with Crippen molar-refractivity contribution in [2.75, 3.05) is 26.2 Å². The van der Waals surface area contributed by atoms with Crippen molar-refractivity contribution in [1.29, 1.82) is 0 Å². The Morgan fingerprint density at radius 1 is 0.907 bits per heavy atom. The summed E-state index contributed by atoms with van der Waals surface area (Å²) in [4.78, 5) is 30.0. The van der Waals surface area contributed by atoms with E-state index in [1.165, 1.54) is 30.6 Å². The van der Waals surface area contributed by atoms with Gasteiger partial charge in [0.25, 0.3) is 0 Å². The third-order valence-electron chi connectivity index (χ3n) is 8.72. The second-order valence-electron chi connectivity index (χ2n) is 12.0. The number of hydrogen-bond acceptors (Lipinski definition) is 7. The number of phenols is 1. The van der Waals surface area contributed by atoms with Crippen molar-refractivity contribution in [2.45, 2.75) is 51.9 Å². The monoisotopic (exact) mass is 597 g/mol. The molecule has 0 bridgehead atoms. The number of ketones is 1. The Labute approximate surface area is 257 Å². The van der Waals surface area contributed by atoms with Crippen LogP contribution < -0.4 is 9.47 Å². The van der Waals surface area contributed by atoms with Crippen LogP contribution in [0.3, 0.4) is 0 Å². The number of likely N-dealkylation sites (tertiary alicyclic amines) is 1. The first-order chi connectivity index (χ1) is 20.9. The van der Waals surface area contributed by atoms with Crippen LogP contribution in [-0.4, -0.2) is 48.0 Å². The van der Waals surface area contributed by atoms with Crippen LogP contribution in [0.25, 0.3) is 20.5 Å². The van der Waals surface area contributed by atoms with E-state index in [2.05, 4.69) is 11.8 Å². The fourth-order valence-corrected chi connectivity index (χ4v) is 7.51. The Morgan fingerprint density at radius 3 is 2.33 bits per heavy atom. The van der Waals surface area contributed by atoms with Crippen LogP contribution >= 0.6 is 11.3 Å². The Morgan fingerprint density at radius 2 is 1.63 bits per heavy atom. The maximum absolute atomic E-state index is 14.0. The van der Waals surface area contributed by atoms with Gasteiger partial charge < -0.3 is 14.6 Å². The zero-order valence-electron chi connectivity index (χ0n) is 24.7. The molecule has 3 aromatic carbocycles. The second-order valence-corrected chi connectivity index (χ2v) is 13.1. The Bertz CT molecular complexity index is 1570. The van der Waals surface area contributed by atoms with E-state index in [0.717, 1.165) is 77.5 Å². The largest absolute Gasteiger partial charge is 0.508 e. The summed E-state index contributed by atoms with van der Waals surface area (Å²) >= 11 is 1.47. The van der Waals surface area contributed by atoms with E-state index in [1.807, 2.05) is 36.4 Å². The van der Waals surface area contributed by atoms with Crippen LogP contribution in [0.1, 0.15) is 67.8 Å². The SMILES string of the molecule is CC1CCN(CCOc2ccc(C(=O)c3c(-c4ccc(OC(=O)C5CCCCCC5)cc4)sc4cc(O)ccc34)cc2)C1. The summed E-state index contributed by atoms with van der Waals surface area (Å²) in [5, 5.41) is 10.9. The zero-order valence-corrected chi connectivity index (χ0v) is 25.5. The van der Waals surface area contributed by atoms with Gasteiger partial charge >= 0.3 is 5.97 Å². The molecule has 1 aromatic heterocycles. The van der Waals surface area contributed by atoms with Gasteiger partial charge in [0.1, 0.15) is 23.9 Å². The highest BCUT2D eigenvalue weighted by atomic mass is 32.1. The molecule has 6 rings (SSSR count). The molecule has 2 aliphatic rings. The summed E-state index contributed by atoms with van der Waals surface area (Å²) in [6.07, 6.45) is 7.54. The lowest BCUT2D eigenvalue weighted by molar-refractivity contribution is -0.139. The van der Waals surface area contributed by atoms with Crippen LogP contribution in [0.15, 0.2) is 66.7 Å². The van der Waals surface area contributed by atoms with Crippen molar-refractivity contribution in [3.05, 3.63) is 77.9 Å². The predicted octanol–water partition coefficient (Wildman–Crippen LogP) is 8.10. The minimum atomic E-state index is -0.152. The number of aromatic hydroxyl groups is 1. The van der Waals surface area contributed by atoms with E-state index in [1.54, 1.807) is 30.3 Å². The zero-order chi connectivity index (χ0) is 29.8. The molecular formula is C36H39NO5S. The molecule has 2 fully saturated rings. The molecule has 1 atom stereocenters. The fraction of sp³-hybridized carbons (Fsp3) is 0.389. The Balaban J connectivity index is 1.20. The highest BCUT2D eigenvalue weighted by Gasteiger charge is 2.24. The molecule has 1 aliphatic heterocycles. The summed E-state index contributed by atoms with van der Waals surface area (Å²) in [5.74, 6) is 1.89. The topological polar surface area (TPSA) is 76.1 Å². The molecule has 2 heterocycles. The Hall–Kier alpha value is -3.68. The van der Waals surface area contributed by atoms with E-state index < -0.39 is 0 Å². The average Bonchev–Trinajstić information content (AvgIpc) is 3.48. The molecular weight excluding hydrogens is 558 g/mol. The van der Waals surface area contributed by atoms with Gasteiger partial charge in [-0.25, -0.2) is 0 Å². The number of carbonyl (C=O) groups excluding carboxylic acids is 2. The molecule has 7 heteroatoms. The van der Waals surface area contributed by atoms with E-state index in [9.17, 15) is 14.7 Å². The highest BCUT2D eigenvalue weighted by molar-refractivity contribution is 7.22. The molecule has 4 aromatic rings. The number of thiophene rings is 1. The fourth-order valence-electron chi connectivity index (χ4n) is 6.27. The number of phenolic OH excluding ortho intramolecular Hbond substituents is 1. The summed E-state index contributed by atoms with van der Waals surface area (Å²) in [5.41, 5.74) is 2.03. The molecule has 1 saturated carbocycles. The lowest BCUT2D eigenvalue weighted by Gasteiger charge is -2.15. The van der Waals surface area contributed by atoms with Crippen LogP contribution in [-0.2, 0) is 4.79 Å². The number of rotatable bonds is 9. The molecule has 0 amide bonds. The summed E-state index contributed by atoms with van der Waals surface area (Å²) < 4.78 is 12.6. The van der Waals surface area contributed by atoms with Crippen molar-refractivity contribution in [3.63, 3.8) is 0 Å². The van der Waals surface area contributed by atoms with Crippen LogP contribution in [0.4, 0.5) is 0 Å². The quantitative estimate of drug-likeness (QED) is 0.0909. The molecule has 6 nitrogen and oxygen atoms in total. The highest BCUT2D eigenvalue weighted by Crippen LogP contribution is 2.41. The van der Waals surface area contributed by atoms with Gasteiger partial charge in [0.2, 0.25) is 0 Å². The first kappa shape index (κ1) is 29.4. The first-order valence-corrected chi connectivity index (χ1v) is 16.3. The van der Waals surface area contributed by atoms with Gasteiger partial charge in [0.05, 0.1) is 5.92 Å². The molecule has 1 N–H and O–H groups in total. The lowest BCUT2D eigenvalue weighted by Crippen LogP contribution is -2.25.